The topological polar surface area (TPSA) is 61.2 Å². The SMILES string of the molecule is CCOC(=O)C(C)n1cc(C=O)c(C)n1. The standard InChI is InChI=1S/C10H14N2O3/c1-4-15-10(14)8(3)12-5-9(6-13)7(2)11-12/h5-6,8H,4H2,1-3H3. The minimum absolute atomic E-state index is 0.337. The van der Waals surface area contributed by atoms with E-state index >= 15 is 0 Å². The number of ether oxygens (including phenoxy) is 1. The second-order valence-corrected chi connectivity index (χ2v) is 3.20. The molecule has 0 saturated heterocycles. The second-order valence-electron chi connectivity index (χ2n) is 3.20. The summed E-state index contributed by atoms with van der Waals surface area (Å²) in [4.78, 5) is 22.0. The maximum Gasteiger partial charge on any atom is 0.330 e. The number of aryl methyl sites for hydroxylation is 1. The zero-order chi connectivity index (χ0) is 11.4. The van der Waals surface area contributed by atoms with Crippen molar-refractivity contribution in [2.24, 2.45) is 0 Å². The fourth-order valence-corrected chi connectivity index (χ4v) is 1.18. The van der Waals surface area contributed by atoms with Crippen molar-refractivity contribution in [3.63, 3.8) is 0 Å². The third-order valence-corrected chi connectivity index (χ3v) is 2.11. The second kappa shape index (κ2) is 4.72. The van der Waals surface area contributed by atoms with Crippen LogP contribution in [0.25, 0.3) is 0 Å². The van der Waals surface area contributed by atoms with Gasteiger partial charge in [0.1, 0.15) is 6.04 Å². The van der Waals surface area contributed by atoms with Gasteiger partial charge in [0.2, 0.25) is 0 Å². The van der Waals surface area contributed by atoms with Gasteiger partial charge < -0.3 is 4.74 Å². The van der Waals surface area contributed by atoms with Crippen molar-refractivity contribution in [2.75, 3.05) is 6.61 Å². The van der Waals surface area contributed by atoms with Crippen LogP contribution in [0.2, 0.25) is 0 Å². The van der Waals surface area contributed by atoms with Gasteiger partial charge in [0.25, 0.3) is 0 Å². The molecule has 1 heterocycles. The average molecular weight is 210 g/mol. The molecule has 1 aromatic rings. The fraction of sp³-hybridized carbons (Fsp3) is 0.500. The molecule has 0 saturated carbocycles. The molecule has 0 spiro atoms. The number of rotatable bonds is 4. The average Bonchev–Trinajstić information content (AvgIpc) is 2.59. The predicted octanol–water partition coefficient (Wildman–Crippen LogP) is 1.13. The van der Waals surface area contributed by atoms with E-state index in [1.54, 1.807) is 27.0 Å². The van der Waals surface area contributed by atoms with Gasteiger partial charge in [-0.25, -0.2) is 4.79 Å². The van der Waals surface area contributed by atoms with Gasteiger partial charge in [0, 0.05) is 6.20 Å². The summed E-state index contributed by atoms with van der Waals surface area (Å²) >= 11 is 0. The van der Waals surface area contributed by atoms with Gasteiger partial charge in [0.05, 0.1) is 17.9 Å². The third-order valence-electron chi connectivity index (χ3n) is 2.11. The third kappa shape index (κ3) is 2.43. The molecule has 0 bridgehead atoms. The zero-order valence-corrected chi connectivity index (χ0v) is 9.06. The highest BCUT2D eigenvalue weighted by atomic mass is 16.5. The molecule has 0 amide bonds. The molecule has 0 fully saturated rings. The molecular formula is C10H14N2O3. The van der Waals surface area contributed by atoms with Crippen LogP contribution < -0.4 is 0 Å². The highest BCUT2D eigenvalue weighted by Gasteiger charge is 2.18. The lowest BCUT2D eigenvalue weighted by atomic mass is 10.3. The van der Waals surface area contributed by atoms with Gasteiger partial charge in [0.15, 0.2) is 6.29 Å². The molecule has 5 nitrogen and oxygen atoms in total. The number of carbonyl (C=O) groups is 2. The summed E-state index contributed by atoms with van der Waals surface area (Å²) in [5.74, 6) is -0.350. The van der Waals surface area contributed by atoms with Crippen LogP contribution in [0.3, 0.4) is 0 Å². The number of esters is 1. The maximum absolute atomic E-state index is 11.4. The highest BCUT2D eigenvalue weighted by Crippen LogP contribution is 2.10. The Balaban J connectivity index is 2.86. The molecule has 5 heteroatoms. The first kappa shape index (κ1) is 11.4. The van der Waals surface area contributed by atoms with Crippen molar-refractivity contribution in [1.82, 2.24) is 9.78 Å². The predicted molar refractivity (Wildman–Crippen MR) is 53.7 cm³/mol. The maximum atomic E-state index is 11.4. The van der Waals surface area contributed by atoms with E-state index in [2.05, 4.69) is 5.10 Å². The number of aldehydes is 1. The van der Waals surface area contributed by atoms with Gasteiger partial charge in [-0.05, 0) is 20.8 Å². The molecule has 0 N–H and O–H groups in total. The summed E-state index contributed by atoms with van der Waals surface area (Å²) in [6.07, 6.45) is 2.26. The van der Waals surface area contributed by atoms with Crippen LogP contribution in [-0.4, -0.2) is 28.6 Å². The quantitative estimate of drug-likeness (QED) is 0.552. The largest absolute Gasteiger partial charge is 0.464 e. The monoisotopic (exact) mass is 210 g/mol. The summed E-state index contributed by atoms with van der Waals surface area (Å²) in [6.45, 7) is 5.48. The summed E-state index contributed by atoms with van der Waals surface area (Å²) in [7, 11) is 0. The van der Waals surface area contributed by atoms with E-state index in [9.17, 15) is 9.59 Å². The van der Waals surface area contributed by atoms with Crippen molar-refractivity contribution < 1.29 is 14.3 Å². The number of nitrogens with zero attached hydrogens (tertiary/aromatic N) is 2. The Bertz CT molecular complexity index is 371. The van der Waals surface area contributed by atoms with Crippen molar-refractivity contribution in [3.05, 3.63) is 17.5 Å². The van der Waals surface area contributed by atoms with Crippen LogP contribution in [-0.2, 0) is 9.53 Å². The molecular weight excluding hydrogens is 196 g/mol. The minimum Gasteiger partial charge on any atom is -0.464 e. The molecule has 1 unspecified atom stereocenters. The summed E-state index contributed by atoms with van der Waals surface area (Å²) in [5, 5.41) is 4.07. The molecule has 0 aromatic carbocycles. The van der Waals surface area contributed by atoms with Crippen LogP contribution >= 0.6 is 0 Å². The number of hydrogen-bond acceptors (Lipinski definition) is 4. The van der Waals surface area contributed by atoms with Crippen molar-refractivity contribution in [2.45, 2.75) is 26.8 Å². The van der Waals surface area contributed by atoms with Crippen LogP contribution in [0.1, 0.15) is 35.9 Å². The Morgan fingerprint density at radius 2 is 2.40 bits per heavy atom. The Morgan fingerprint density at radius 3 is 2.87 bits per heavy atom. The minimum atomic E-state index is -0.502. The fourth-order valence-electron chi connectivity index (χ4n) is 1.18. The molecule has 15 heavy (non-hydrogen) atoms. The molecule has 1 aromatic heterocycles. The Kier molecular flexibility index (Phi) is 3.60. The Hall–Kier alpha value is -1.65. The van der Waals surface area contributed by atoms with Gasteiger partial charge in [-0.3, -0.25) is 9.48 Å². The number of hydrogen-bond donors (Lipinski definition) is 0. The van der Waals surface area contributed by atoms with E-state index in [4.69, 9.17) is 4.74 Å². The normalized spacial score (nSPS) is 12.2. The van der Waals surface area contributed by atoms with Crippen LogP contribution in [0.5, 0.6) is 0 Å². The van der Waals surface area contributed by atoms with Crippen molar-refractivity contribution in [1.29, 1.82) is 0 Å². The Labute approximate surface area is 88.0 Å². The van der Waals surface area contributed by atoms with E-state index in [0.29, 0.717) is 17.9 Å². The molecule has 1 atom stereocenters. The van der Waals surface area contributed by atoms with E-state index in [1.165, 1.54) is 4.68 Å². The van der Waals surface area contributed by atoms with Gasteiger partial charge in [-0.2, -0.15) is 5.10 Å². The van der Waals surface area contributed by atoms with Gasteiger partial charge in [-0.15, -0.1) is 0 Å². The molecule has 1 rings (SSSR count). The highest BCUT2D eigenvalue weighted by molar-refractivity contribution is 5.77. The van der Waals surface area contributed by atoms with Gasteiger partial charge in [-0.1, -0.05) is 0 Å². The number of aromatic nitrogens is 2. The molecule has 0 aliphatic carbocycles. The lowest BCUT2D eigenvalue weighted by molar-refractivity contribution is -0.146. The first-order valence-corrected chi connectivity index (χ1v) is 4.77. The van der Waals surface area contributed by atoms with Gasteiger partial charge >= 0.3 is 5.97 Å². The van der Waals surface area contributed by atoms with E-state index < -0.39 is 6.04 Å². The molecule has 82 valence electrons. The van der Waals surface area contributed by atoms with Crippen LogP contribution in [0.15, 0.2) is 6.20 Å². The van der Waals surface area contributed by atoms with Crippen LogP contribution in [0, 0.1) is 6.92 Å². The first-order chi connectivity index (χ1) is 7.10. The lowest BCUT2D eigenvalue weighted by Gasteiger charge is -2.10. The summed E-state index contributed by atoms with van der Waals surface area (Å²) < 4.78 is 6.29. The Morgan fingerprint density at radius 1 is 1.73 bits per heavy atom. The number of carbonyl (C=O) groups excluding carboxylic acids is 2. The molecule has 0 aliphatic heterocycles. The van der Waals surface area contributed by atoms with E-state index in [-0.39, 0.29) is 5.97 Å². The lowest BCUT2D eigenvalue weighted by Crippen LogP contribution is -2.19. The molecule has 0 radical (unpaired) electrons. The van der Waals surface area contributed by atoms with E-state index in [1.807, 2.05) is 0 Å². The summed E-state index contributed by atoms with van der Waals surface area (Å²) in [5.41, 5.74) is 1.10. The first-order valence-electron chi connectivity index (χ1n) is 4.77. The van der Waals surface area contributed by atoms with Crippen LogP contribution in [0.4, 0.5) is 0 Å². The molecule has 0 aliphatic rings. The van der Waals surface area contributed by atoms with Crippen molar-refractivity contribution >= 4 is 12.3 Å². The summed E-state index contributed by atoms with van der Waals surface area (Å²) in [6, 6.07) is -0.502. The smallest absolute Gasteiger partial charge is 0.330 e. The zero-order valence-electron chi connectivity index (χ0n) is 9.06. The van der Waals surface area contributed by atoms with Crippen molar-refractivity contribution in [3.8, 4) is 0 Å². The van der Waals surface area contributed by atoms with E-state index in [0.717, 1.165) is 6.29 Å².